The third-order valence-corrected chi connectivity index (χ3v) is 5.43. The van der Waals surface area contributed by atoms with Crippen LogP contribution >= 0.6 is 27.3 Å². The minimum absolute atomic E-state index is 0.162. The van der Waals surface area contributed by atoms with Crippen molar-refractivity contribution in [3.63, 3.8) is 0 Å². The van der Waals surface area contributed by atoms with Gasteiger partial charge < -0.3 is 10.2 Å². The van der Waals surface area contributed by atoms with Crippen LogP contribution in [0.5, 0.6) is 0 Å². The number of carbonyl (C=O) groups is 1. The van der Waals surface area contributed by atoms with E-state index in [-0.39, 0.29) is 11.9 Å². The van der Waals surface area contributed by atoms with Gasteiger partial charge in [-0.3, -0.25) is 4.79 Å². The summed E-state index contributed by atoms with van der Waals surface area (Å²) in [5, 5.41) is 5.33. The highest BCUT2D eigenvalue weighted by molar-refractivity contribution is 9.10. The lowest BCUT2D eigenvalue weighted by molar-refractivity contribution is 0.0662. The molecular weight excluding hydrogens is 324 g/mol. The number of halogens is 1. The second-order valence-electron chi connectivity index (χ2n) is 5.34. The fraction of sp³-hybridized carbons (Fsp3) is 0.643. The Morgan fingerprint density at radius 1 is 1.53 bits per heavy atom. The molecule has 2 rings (SSSR count). The van der Waals surface area contributed by atoms with Gasteiger partial charge in [0.2, 0.25) is 0 Å². The lowest BCUT2D eigenvalue weighted by atomic mass is 9.97. The number of amides is 1. The molecule has 0 unspecified atom stereocenters. The van der Waals surface area contributed by atoms with Crippen molar-refractivity contribution in [1.82, 2.24) is 10.2 Å². The summed E-state index contributed by atoms with van der Waals surface area (Å²) in [6.07, 6.45) is 2.34. The SMILES string of the molecule is CC(C)N(CC1CCNCC1)C(=O)c1sccc1Br. The van der Waals surface area contributed by atoms with Crippen LogP contribution in [0.1, 0.15) is 36.4 Å². The second-order valence-corrected chi connectivity index (χ2v) is 7.11. The maximum Gasteiger partial charge on any atom is 0.265 e. The van der Waals surface area contributed by atoms with E-state index in [2.05, 4.69) is 35.1 Å². The number of nitrogens with one attached hydrogen (secondary N) is 1. The Balaban J connectivity index is 2.07. The first kappa shape index (κ1) is 15.0. The van der Waals surface area contributed by atoms with Gasteiger partial charge in [-0.2, -0.15) is 0 Å². The first-order valence-corrected chi connectivity index (χ1v) is 8.51. The summed E-state index contributed by atoms with van der Waals surface area (Å²) >= 11 is 4.98. The van der Waals surface area contributed by atoms with Crippen LogP contribution < -0.4 is 5.32 Å². The molecule has 19 heavy (non-hydrogen) atoms. The first-order chi connectivity index (χ1) is 9.09. The zero-order valence-electron chi connectivity index (χ0n) is 11.5. The van der Waals surface area contributed by atoms with E-state index in [0.717, 1.165) is 29.0 Å². The van der Waals surface area contributed by atoms with Crippen LogP contribution in [-0.4, -0.2) is 36.5 Å². The molecule has 2 heterocycles. The van der Waals surface area contributed by atoms with Gasteiger partial charge in [0.25, 0.3) is 5.91 Å². The third kappa shape index (κ3) is 3.80. The van der Waals surface area contributed by atoms with Gasteiger partial charge in [-0.1, -0.05) is 0 Å². The van der Waals surface area contributed by atoms with Crippen molar-refractivity contribution in [2.45, 2.75) is 32.7 Å². The van der Waals surface area contributed by atoms with Gasteiger partial charge in [0.1, 0.15) is 4.88 Å². The van der Waals surface area contributed by atoms with Gasteiger partial charge in [0.05, 0.1) is 0 Å². The molecule has 1 aromatic rings. The molecule has 1 saturated heterocycles. The molecule has 0 spiro atoms. The fourth-order valence-electron chi connectivity index (χ4n) is 2.45. The Bertz CT molecular complexity index is 427. The van der Waals surface area contributed by atoms with E-state index in [4.69, 9.17) is 0 Å². The highest BCUT2D eigenvalue weighted by atomic mass is 79.9. The normalized spacial score (nSPS) is 16.8. The summed E-state index contributed by atoms with van der Waals surface area (Å²) in [4.78, 5) is 15.5. The molecule has 3 nitrogen and oxygen atoms in total. The van der Waals surface area contributed by atoms with Crippen LogP contribution in [0.3, 0.4) is 0 Å². The molecule has 0 aromatic carbocycles. The van der Waals surface area contributed by atoms with Crippen molar-refractivity contribution in [3.05, 3.63) is 20.8 Å². The predicted octanol–water partition coefficient (Wildman–Crippen LogP) is 3.36. The zero-order chi connectivity index (χ0) is 13.8. The van der Waals surface area contributed by atoms with Gasteiger partial charge in [-0.05, 0) is 73.1 Å². The Morgan fingerprint density at radius 2 is 2.21 bits per heavy atom. The van der Waals surface area contributed by atoms with Crippen LogP contribution in [0.25, 0.3) is 0 Å². The maximum atomic E-state index is 12.6. The van der Waals surface area contributed by atoms with Crippen molar-refractivity contribution in [3.8, 4) is 0 Å². The van der Waals surface area contributed by atoms with E-state index >= 15 is 0 Å². The summed E-state index contributed by atoms with van der Waals surface area (Å²) in [5.41, 5.74) is 0. The summed E-state index contributed by atoms with van der Waals surface area (Å²) in [6, 6.07) is 2.19. The average Bonchev–Trinajstić information content (AvgIpc) is 2.82. The summed E-state index contributed by atoms with van der Waals surface area (Å²) < 4.78 is 0.915. The van der Waals surface area contributed by atoms with Crippen molar-refractivity contribution in [2.75, 3.05) is 19.6 Å². The van der Waals surface area contributed by atoms with Crippen molar-refractivity contribution < 1.29 is 4.79 Å². The number of nitrogens with zero attached hydrogens (tertiary/aromatic N) is 1. The number of hydrogen-bond donors (Lipinski definition) is 1. The molecule has 1 N–H and O–H groups in total. The summed E-state index contributed by atoms with van der Waals surface area (Å²) in [6.45, 7) is 7.23. The van der Waals surface area contributed by atoms with Gasteiger partial charge >= 0.3 is 0 Å². The summed E-state index contributed by atoms with van der Waals surface area (Å²) in [5.74, 6) is 0.793. The van der Waals surface area contributed by atoms with Crippen LogP contribution in [-0.2, 0) is 0 Å². The van der Waals surface area contributed by atoms with Crippen molar-refractivity contribution in [1.29, 1.82) is 0 Å². The molecule has 5 heteroatoms. The van der Waals surface area contributed by atoms with Crippen LogP contribution in [0.4, 0.5) is 0 Å². The Labute approximate surface area is 127 Å². The van der Waals surface area contributed by atoms with Crippen molar-refractivity contribution >= 4 is 33.2 Å². The molecule has 1 amide bonds. The van der Waals surface area contributed by atoms with E-state index in [1.807, 2.05) is 16.3 Å². The number of carbonyl (C=O) groups excluding carboxylic acids is 1. The highest BCUT2D eigenvalue weighted by Crippen LogP contribution is 2.26. The lowest BCUT2D eigenvalue weighted by Crippen LogP contribution is -2.42. The molecule has 0 atom stereocenters. The number of piperidine rings is 1. The Hall–Kier alpha value is -0.390. The maximum absolute atomic E-state index is 12.6. The van der Waals surface area contributed by atoms with Crippen molar-refractivity contribution in [2.24, 2.45) is 5.92 Å². The largest absolute Gasteiger partial charge is 0.335 e. The molecule has 1 aliphatic rings. The van der Waals surface area contributed by atoms with Gasteiger partial charge in [-0.15, -0.1) is 11.3 Å². The smallest absolute Gasteiger partial charge is 0.265 e. The van der Waals surface area contributed by atoms with Crippen LogP contribution in [0.15, 0.2) is 15.9 Å². The molecular formula is C14H21BrN2OS. The molecule has 0 saturated carbocycles. The van der Waals surface area contributed by atoms with E-state index in [0.29, 0.717) is 5.92 Å². The highest BCUT2D eigenvalue weighted by Gasteiger charge is 2.25. The van der Waals surface area contributed by atoms with E-state index in [9.17, 15) is 4.79 Å². The van der Waals surface area contributed by atoms with Gasteiger partial charge in [-0.25, -0.2) is 0 Å². The Kier molecular flexibility index (Phi) is 5.42. The molecule has 1 aliphatic heterocycles. The zero-order valence-corrected chi connectivity index (χ0v) is 13.9. The van der Waals surface area contributed by atoms with Gasteiger partial charge in [0.15, 0.2) is 0 Å². The summed E-state index contributed by atoms with van der Waals surface area (Å²) in [7, 11) is 0. The number of rotatable bonds is 4. The quantitative estimate of drug-likeness (QED) is 0.908. The standard InChI is InChI=1S/C14H21BrN2OS/c1-10(2)17(9-11-3-6-16-7-4-11)14(18)13-12(15)5-8-19-13/h5,8,10-11,16H,3-4,6-7,9H2,1-2H3. The van der Waals surface area contributed by atoms with E-state index in [1.54, 1.807) is 0 Å². The fourth-order valence-corrected chi connectivity index (χ4v) is 3.94. The third-order valence-electron chi connectivity index (χ3n) is 3.61. The minimum atomic E-state index is 0.162. The number of thiophene rings is 1. The second kappa shape index (κ2) is 6.86. The minimum Gasteiger partial charge on any atom is -0.335 e. The first-order valence-electron chi connectivity index (χ1n) is 6.84. The van der Waals surface area contributed by atoms with E-state index < -0.39 is 0 Å². The number of hydrogen-bond acceptors (Lipinski definition) is 3. The van der Waals surface area contributed by atoms with Crippen LogP contribution in [0, 0.1) is 5.92 Å². The lowest BCUT2D eigenvalue weighted by Gasteiger charge is -2.32. The van der Waals surface area contributed by atoms with E-state index in [1.165, 1.54) is 24.2 Å². The van der Waals surface area contributed by atoms with Gasteiger partial charge in [0, 0.05) is 17.1 Å². The molecule has 0 aliphatic carbocycles. The molecule has 106 valence electrons. The Morgan fingerprint density at radius 3 is 2.74 bits per heavy atom. The topological polar surface area (TPSA) is 32.3 Å². The molecule has 1 aromatic heterocycles. The average molecular weight is 345 g/mol. The predicted molar refractivity (Wildman–Crippen MR) is 83.8 cm³/mol. The molecule has 1 fully saturated rings. The molecule has 0 radical (unpaired) electrons. The monoisotopic (exact) mass is 344 g/mol. The van der Waals surface area contributed by atoms with Crippen LogP contribution in [0.2, 0.25) is 0 Å². The molecule has 0 bridgehead atoms.